The van der Waals surface area contributed by atoms with E-state index in [0.29, 0.717) is 13.2 Å². The van der Waals surface area contributed by atoms with Crippen molar-refractivity contribution in [3.05, 3.63) is 0 Å². The van der Waals surface area contributed by atoms with Crippen LogP contribution < -0.4 is 10.6 Å². The zero-order valence-corrected chi connectivity index (χ0v) is 7.44. The van der Waals surface area contributed by atoms with E-state index in [2.05, 4.69) is 15.4 Å². The molecule has 0 aliphatic carbocycles. The smallest absolute Gasteiger partial charge is 0.307 e. The molecule has 0 heterocycles. The first-order chi connectivity index (χ1) is 5.70. The number of ether oxygens (including phenoxy) is 1. The van der Waals surface area contributed by atoms with Crippen molar-refractivity contribution in [2.24, 2.45) is 0 Å². The van der Waals surface area contributed by atoms with Crippen LogP contribution in [0.1, 0.15) is 13.3 Å². The highest BCUT2D eigenvalue weighted by Crippen LogP contribution is 1.83. The van der Waals surface area contributed by atoms with E-state index in [4.69, 9.17) is 5.41 Å². The first-order valence-electron chi connectivity index (χ1n) is 3.86. The molecule has 3 N–H and O–H groups in total. The molecule has 0 spiro atoms. The highest BCUT2D eigenvalue weighted by molar-refractivity contribution is 5.77. The summed E-state index contributed by atoms with van der Waals surface area (Å²) in [5, 5.41) is 12.4. The molecule has 0 aliphatic rings. The largest absolute Gasteiger partial charge is 0.466 e. The molecular formula is C7H15N3O2. The summed E-state index contributed by atoms with van der Waals surface area (Å²) in [4.78, 5) is 10.8. The van der Waals surface area contributed by atoms with Crippen LogP contribution in [-0.4, -0.2) is 32.1 Å². The number of carbonyl (C=O) groups excluding carboxylic acids is 1. The molecule has 0 unspecified atom stereocenters. The quantitative estimate of drug-likeness (QED) is 0.309. The predicted molar refractivity (Wildman–Crippen MR) is 46.0 cm³/mol. The Labute approximate surface area is 72.0 Å². The van der Waals surface area contributed by atoms with Gasteiger partial charge in [-0.3, -0.25) is 10.2 Å². The van der Waals surface area contributed by atoms with Gasteiger partial charge in [0.15, 0.2) is 5.96 Å². The topological polar surface area (TPSA) is 74.2 Å². The highest BCUT2D eigenvalue weighted by Gasteiger charge is 2.00. The first-order valence-corrected chi connectivity index (χ1v) is 3.86. The molecule has 0 aliphatic heterocycles. The van der Waals surface area contributed by atoms with Gasteiger partial charge in [0, 0.05) is 13.6 Å². The molecule has 0 saturated carbocycles. The molecule has 0 amide bonds. The van der Waals surface area contributed by atoms with Crippen LogP contribution in [0.4, 0.5) is 0 Å². The Morgan fingerprint density at radius 1 is 1.58 bits per heavy atom. The monoisotopic (exact) mass is 173 g/mol. The van der Waals surface area contributed by atoms with Crippen molar-refractivity contribution in [3.63, 3.8) is 0 Å². The first kappa shape index (κ1) is 10.7. The van der Waals surface area contributed by atoms with Crippen molar-refractivity contribution in [1.29, 1.82) is 5.41 Å². The maximum Gasteiger partial charge on any atom is 0.307 e. The van der Waals surface area contributed by atoms with Crippen molar-refractivity contribution in [2.45, 2.75) is 13.3 Å². The molecule has 0 aromatic rings. The summed E-state index contributed by atoms with van der Waals surface area (Å²) in [7, 11) is 1.64. The van der Waals surface area contributed by atoms with Crippen molar-refractivity contribution < 1.29 is 9.53 Å². The summed E-state index contributed by atoms with van der Waals surface area (Å²) >= 11 is 0. The fraction of sp³-hybridized carbons (Fsp3) is 0.714. The van der Waals surface area contributed by atoms with E-state index < -0.39 is 0 Å². The molecule has 0 rings (SSSR count). The van der Waals surface area contributed by atoms with Gasteiger partial charge in [-0.2, -0.15) is 0 Å². The molecule has 0 atom stereocenters. The van der Waals surface area contributed by atoms with Gasteiger partial charge in [0.2, 0.25) is 0 Å². The summed E-state index contributed by atoms with van der Waals surface area (Å²) in [5.41, 5.74) is 0. The van der Waals surface area contributed by atoms with E-state index in [-0.39, 0.29) is 18.3 Å². The second-order valence-electron chi connectivity index (χ2n) is 2.11. The lowest BCUT2D eigenvalue weighted by Crippen LogP contribution is -2.35. The Morgan fingerprint density at radius 3 is 2.75 bits per heavy atom. The van der Waals surface area contributed by atoms with E-state index in [1.165, 1.54) is 0 Å². The summed E-state index contributed by atoms with van der Waals surface area (Å²) < 4.78 is 4.69. The van der Waals surface area contributed by atoms with Gasteiger partial charge in [0.25, 0.3) is 0 Å². The highest BCUT2D eigenvalue weighted by atomic mass is 16.5. The molecule has 0 aromatic heterocycles. The van der Waals surface area contributed by atoms with Gasteiger partial charge >= 0.3 is 5.97 Å². The Morgan fingerprint density at radius 2 is 2.25 bits per heavy atom. The fourth-order valence-electron chi connectivity index (χ4n) is 0.611. The van der Waals surface area contributed by atoms with Crippen molar-refractivity contribution in [1.82, 2.24) is 10.6 Å². The third-order valence-electron chi connectivity index (χ3n) is 1.19. The maximum atomic E-state index is 10.8. The minimum Gasteiger partial charge on any atom is -0.466 e. The summed E-state index contributed by atoms with van der Waals surface area (Å²) in [6.45, 7) is 2.60. The summed E-state index contributed by atoms with van der Waals surface area (Å²) in [6.07, 6.45) is 0.290. The van der Waals surface area contributed by atoms with E-state index >= 15 is 0 Å². The standard InChI is InChI=1S/C7H15N3O2/c1-3-12-6(11)4-5-10-7(8)9-2/h3-5H2,1-2H3,(H3,8,9,10). The number of esters is 1. The summed E-state index contributed by atoms with van der Waals surface area (Å²) in [6, 6.07) is 0. The van der Waals surface area contributed by atoms with Crippen molar-refractivity contribution in [3.8, 4) is 0 Å². The Balaban J connectivity index is 3.30. The normalized spacial score (nSPS) is 8.83. The molecule has 5 heteroatoms. The lowest BCUT2D eigenvalue weighted by atomic mass is 10.4. The Bertz CT molecular complexity index is 159. The molecular weight excluding hydrogens is 158 g/mol. The van der Waals surface area contributed by atoms with Crippen LogP contribution in [0, 0.1) is 5.41 Å². The van der Waals surface area contributed by atoms with Crippen LogP contribution in [0.3, 0.4) is 0 Å². The van der Waals surface area contributed by atoms with Gasteiger partial charge in [0.1, 0.15) is 0 Å². The lowest BCUT2D eigenvalue weighted by Gasteiger charge is -2.05. The third kappa shape index (κ3) is 5.52. The Hall–Kier alpha value is -1.26. The van der Waals surface area contributed by atoms with Gasteiger partial charge in [-0.1, -0.05) is 0 Å². The molecule has 0 aromatic carbocycles. The minimum absolute atomic E-state index is 0.208. The van der Waals surface area contributed by atoms with Gasteiger partial charge in [-0.05, 0) is 6.92 Å². The zero-order chi connectivity index (χ0) is 9.40. The molecule has 0 saturated heterocycles. The molecule has 0 radical (unpaired) electrons. The molecule has 12 heavy (non-hydrogen) atoms. The van der Waals surface area contributed by atoms with Crippen LogP contribution in [0.2, 0.25) is 0 Å². The number of guanidine groups is 1. The van der Waals surface area contributed by atoms with Crippen LogP contribution >= 0.6 is 0 Å². The second kappa shape index (κ2) is 6.45. The zero-order valence-electron chi connectivity index (χ0n) is 7.44. The van der Waals surface area contributed by atoms with Crippen molar-refractivity contribution >= 4 is 11.9 Å². The molecule has 70 valence electrons. The van der Waals surface area contributed by atoms with Gasteiger partial charge < -0.3 is 15.4 Å². The van der Waals surface area contributed by atoms with Crippen LogP contribution in [-0.2, 0) is 9.53 Å². The van der Waals surface area contributed by atoms with Crippen molar-refractivity contribution in [2.75, 3.05) is 20.2 Å². The van der Waals surface area contributed by atoms with Gasteiger partial charge in [-0.15, -0.1) is 0 Å². The number of nitrogens with one attached hydrogen (secondary N) is 3. The minimum atomic E-state index is -0.242. The Kier molecular flexibility index (Phi) is 5.77. The predicted octanol–water partition coefficient (Wildman–Crippen LogP) is -0.317. The molecule has 5 nitrogen and oxygen atoms in total. The van der Waals surface area contributed by atoms with E-state index in [9.17, 15) is 4.79 Å². The average Bonchev–Trinajstić information content (AvgIpc) is 2.04. The second-order valence-corrected chi connectivity index (χ2v) is 2.11. The molecule has 0 fully saturated rings. The average molecular weight is 173 g/mol. The van der Waals surface area contributed by atoms with Gasteiger partial charge in [0.05, 0.1) is 13.0 Å². The van der Waals surface area contributed by atoms with Crippen LogP contribution in [0.15, 0.2) is 0 Å². The lowest BCUT2D eigenvalue weighted by molar-refractivity contribution is -0.142. The number of carbonyl (C=O) groups is 1. The van der Waals surface area contributed by atoms with Crippen LogP contribution in [0.25, 0.3) is 0 Å². The number of rotatable bonds is 4. The van der Waals surface area contributed by atoms with E-state index in [1.54, 1.807) is 14.0 Å². The van der Waals surface area contributed by atoms with E-state index in [0.717, 1.165) is 0 Å². The fourth-order valence-corrected chi connectivity index (χ4v) is 0.611. The van der Waals surface area contributed by atoms with E-state index in [1.807, 2.05) is 0 Å². The number of hydrogen-bond acceptors (Lipinski definition) is 3. The third-order valence-corrected chi connectivity index (χ3v) is 1.19. The number of hydrogen-bond donors (Lipinski definition) is 3. The summed E-state index contributed by atoms with van der Waals surface area (Å²) in [5.74, 6) is -0.0341. The van der Waals surface area contributed by atoms with Gasteiger partial charge in [-0.25, -0.2) is 0 Å². The van der Waals surface area contributed by atoms with Crippen LogP contribution in [0.5, 0.6) is 0 Å². The maximum absolute atomic E-state index is 10.8. The molecule has 0 bridgehead atoms. The SMILES string of the molecule is CCOC(=O)CCNC(=N)NC.